The van der Waals surface area contributed by atoms with E-state index in [4.69, 9.17) is 0 Å². The van der Waals surface area contributed by atoms with E-state index < -0.39 is 0 Å². The summed E-state index contributed by atoms with van der Waals surface area (Å²) >= 11 is 0. The molecule has 0 amide bonds. The monoisotopic (exact) mass is 606 g/mol. The summed E-state index contributed by atoms with van der Waals surface area (Å²) in [5.74, 6) is 0. The van der Waals surface area contributed by atoms with Gasteiger partial charge < -0.3 is 0 Å². The van der Waals surface area contributed by atoms with Gasteiger partial charge in [-0.25, -0.2) is 0 Å². The van der Waals surface area contributed by atoms with Crippen LogP contribution in [0.15, 0.2) is 182 Å². The number of hydrogen-bond donors (Lipinski definition) is 0. The van der Waals surface area contributed by atoms with E-state index in [1.54, 1.807) is 0 Å². The van der Waals surface area contributed by atoms with E-state index in [1.807, 2.05) is 0 Å². The fraction of sp³-hybridized carbons (Fsp3) is 0. The molecule has 9 aromatic rings. The Morgan fingerprint density at radius 3 is 1.06 bits per heavy atom. The van der Waals surface area contributed by atoms with Crippen molar-refractivity contribution >= 4 is 32.3 Å². The van der Waals surface area contributed by atoms with Crippen LogP contribution in [0.25, 0.3) is 99.1 Å². The fourth-order valence-electron chi connectivity index (χ4n) is 8.18. The van der Waals surface area contributed by atoms with Gasteiger partial charge in [0.25, 0.3) is 0 Å². The van der Waals surface area contributed by atoms with Crippen LogP contribution in [0.2, 0.25) is 0 Å². The van der Waals surface area contributed by atoms with Gasteiger partial charge in [-0.2, -0.15) is 0 Å². The SMILES string of the molecule is c1ccc(-c2ccccc2-c2c3ccccc3c(-c3ccccc3-c3ccccc3)c3cc4c(cc23)-c2cccc3cccc-4c23)cc1. The second-order valence-electron chi connectivity index (χ2n) is 12.8. The first-order chi connectivity index (χ1) is 23.8. The van der Waals surface area contributed by atoms with Crippen LogP contribution in [0.3, 0.4) is 0 Å². The van der Waals surface area contributed by atoms with Crippen LogP contribution in [0.5, 0.6) is 0 Å². The number of fused-ring (bicyclic) bond motifs is 5. The van der Waals surface area contributed by atoms with Crippen molar-refractivity contribution in [2.75, 3.05) is 0 Å². The average molecular weight is 607 g/mol. The minimum absolute atomic E-state index is 1.22. The highest BCUT2D eigenvalue weighted by Gasteiger charge is 2.26. The first-order valence-electron chi connectivity index (χ1n) is 16.7. The molecule has 0 fully saturated rings. The lowest BCUT2D eigenvalue weighted by molar-refractivity contribution is 1.60. The fourth-order valence-corrected chi connectivity index (χ4v) is 8.18. The second-order valence-corrected chi connectivity index (χ2v) is 12.8. The van der Waals surface area contributed by atoms with Gasteiger partial charge >= 0.3 is 0 Å². The maximum Gasteiger partial charge on any atom is -0.00199 e. The highest BCUT2D eigenvalue weighted by Crippen LogP contribution is 2.53. The van der Waals surface area contributed by atoms with Gasteiger partial charge in [-0.3, -0.25) is 0 Å². The van der Waals surface area contributed by atoms with E-state index in [0.717, 1.165) is 0 Å². The molecule has 0 radical (unpaired) electrons. The third-order valence-electron chi connectivity index (χ3n) is 10.2. The molecule has 0 unspecified atom stereocenters. The molecule has 48 heavy (non-hydrogen) atoms. The third-order valence-corrected chi connectivity index (χ3v) is 10.2. The van der Waals surface area contributed by atoms with E-state index >= 15 is 0 Å². The molecule has 0 aromatic heterocycles. The zero-order chi connectivity index (χ0) is 31.6. The van der Waals surface area contributed by atoms with Crippen LogP contribution in [-0.2, 0) is 0 Å². The number of benzene rings is 9. The van der Waals surface area contributed by atoms with Crippen molar-refractivity contribution in [1.82, 2.24) is 0 Å². The van der Waals surface area contributed by atoms with Crippen molar-refractivity contribution < 1.29 is 0 Å². The lowest BCUT2D eigenvalue weighted by Gasteiger charge is -2.22. The van der Waals surface area contributed by atoms with Crippen molar-refractivity contribution in [3.8, 4) is 66.8 Å². The van der Waals surface area contributed by atoms with Crippen molar-refractivity contribution in [3.63, 3.8) is 0 Å². The van der Waals surface area contributed by atoms with Gasteiger partial charge in [0.1, 0.15) is 0 Å². The van der Waals surface area contributed by atoms with Crippen LogP contribution in [0.1, 0.15) is 0 Å². The summed E-state index contributed by atoms with van der Waals surface area (Å²) in [6.45, 7) is 0. The highest BCUT2D eigenvalue weighted by atomic mass is 14.3. The molecule has 1 aliphatic carbocycles. The molecule has 0 heteroatoms. The number of rotatable bonds is 4. The maximum atomic E-state index is 2.50. The van der Waals surface area contributed by atoms with E-state index in [2.05, 4.69) is 182 Å². The minimum atomic E-state index is 1.22. The minimum Gasteiger partial charge on any atom is -0.0622 e. The van der Waals surface area contributed by atoms with Gasteiger partial charge in [0, 0.05) is 0 Å². The van der Waals surface area contributed by atoms with Gasteiger partial charge in [-0.15, -0.1) is 0 Å². The Kier molecular flexibility index (Phi) is 5.98. The Labute approximate surface area is 280 Å². The van der Waals surface area contributed by atoms with E-state index in [0.29, 0.717) is 0 Å². The molecule has 0 bridgehead atoms. The number of hydrogen-bond acceptors (Lipinski definition) is 0. The first-order valence-corrected chi connectivity index (χ1v) is 16.7. The van der Waals surface area contributed by atoms with Gasteiger partial charge in [0.15, 0.2) is 0 Å². The predicted molar refractivity (Wildman–Crippen MR) is 205 cm³/mol. The zero-order valence-corrected chi connectivity index (χ0v) is 26.3. The zero-order valence-electron chi connectivity index (χ0n) is 26.3. The quantitative estimate of drug-likeness (QED) is 0.175. The second kappa shape index (κ2) is 10.7. The molecule has 0 saturated heterocycles. The molecule has 0 spiro atoms. The molecule has 0 nitrogen and oxygen atoms in total. The molecule has 0 aliphatic heterocycles. The molecule has 0 N–H and O–H groups in total. The van der Waals surface area contributed by atoms with Crippen LogP contribution in [-0.4, -0.2) is 0 Å². The summed E-state index contributed by atoms with van der Waals surface area (Å²) in [4.78, 5) is 0. The van der Waals surface area contributed by atoms with Crippen LogP contribution < -0.4 is 0 Å². The summed E-state index contributed by atoms with van der Waals surface area (Å²) in [7, 11) is 0. The largest absolute Gasteiger partial charge is 0.0622 e. The average Bonchev–Trinajstić information content (AvgIpc) is 3.47. The normalized spacial score (nSPS) is 11.8. The smallest absolute Gasteiger partial charge is 0.00199 e. The van der Waals surface area contributed by atoms with Gasteiger partial charge in [0.2, 0.25) is 0 Å². The van der Waals surface area contributed by atoms with Gasteiger partial charge in [-0.05, 0) is 111 Å². The Bertz CT molecular complexity index is 2510. The first kappa shape index (κ1) is 26.9. The predicted octanol–water partition coefficient (Wildman–Crippen LogP) is 13.5. The van der Waals surface area contributed by atoms with Crippen LogP contribution in [0, 0.1) is 0 Å². The van der Waals surface area contributed by atoms with Gasteiger partial charge in [0.05, 0.1) is 0 Å². The topological polar surface area (TPSA) is 0 Å². The Hall–Kier alpha value is -6.24. The molecule has 0 saturated carbocycles. The van der Waals surface area contributed by atoms with Crippen LogP contribution >= 0.6 is 0 Å². The lowest BCUT2D eigenvalue weighted by Crippen LogP contribution is -1.95. The maximum absolute atomic E-state index is 2.50. The van der Waals surface area contributed by atoms with E-state index in [-0.39, 0.29) is 0 Å². The molecule has 222 valence electrons. The summed E-state index contributed by atoms with van der Waals surface area (Å²) in [6.07, 6.45) is 0. The summed E-state index contributed by atoms with van der Waals surface area (Å²) < 4.78 is 0. The molecule has 10 rings (SSSR count). The lowest BCUT2D eigenvalue weighted by atomic mass is 9.81. The summed E-state index contributed by atoms with van der Waals surface area (Å²) in [6, 6.07) is 67.0. The van der Waals surface area contributed by atoms with E-state index in [1.165, 1.54) is 99.1 Å². The Morgan fingerprint density at radius 1 is 0.229 bits per heavy atom. The molecule has 1 aliphatic rings. The van der Waals surface area contributed by atoms with Gasteiger partial charge in [-0.1, -0.05) is 170 Å². The van der Waals surface area contributed by atoms with Crippen LogP contribution in [0.4, 0.5) is 0 Å². The molecule has 0 heterocycles. The Balaban J connectivity index is 1.40. The molecular formula is C48H30. The molecular weight excluding hydrogens is 577 g/mol. The standard InChI is InChI=1S/C48H30/c1-3-15-31(16-4-1)34-21-7-9-23-36(34)47-38-25-11-12-26-39(38)48(37-24-10-8-22-35(37)32-17-5-2-6-18-32)45-30-43-41-28-14-20-33-19-13-27-40(46(33)41)42(43)29-44(45)47/h1-30H. The van der Waals surface area contributed by atoms with Crippen molar-refractivity contribution in [2.24, 2.45) is 0 Å². The summed E-state index contributed by atoms with van der Waals surface area (Å²) in [5.41, 5.74) is 15.3. The molecule has 0 atom stereocenters. The van der Waals surface area contributed by atoms with Crippen molar-refractivity contribution in [3.05, 3.63) is 182 Å². The highest BCUT2D eigenvalue weighted by molar-refractivity contribution is 6.27. The molecule has 9 aromatic carbocycles. The van der Waals surface area contributed by atoms with Crippen molar-refractivity contribution in [1.29, 1.82) is 0 Å². The third kappa shape index (κ3) is 3.96. The van der Waals surface area contributed by atoms with E-state index in [9.17, 15) is 0 Å². The summed E-state index contributed by atoms with van der Waals surface area (Å²) in [5, 5.41) is 7.73. The van der Waals surface area contributed by atoms with Crippen molar-refractivity contribution in [2.45, 2.75) is 0 Å². The Morgan fingerprint density at radius 2 is 0.604 bits per heavy atom.